The van der Waals surface area contributed by atoms with E-state index in [1.807, 2.05) is 12.3 Å². The fraction of sp³-hybridized carbons (Fsp3) is 0.167. The van der Waals surface area contributed by atoms with E-state index in [2.05, 4.69) is 14.2 Å². The van der Waals surface area contributed by atoms with Gasteiger partial charge in [0, 0.05) is 5.38 Å². The number of hydrogen-bond donors (Lipinski definition) is 3. The van der Waals surface area contributed by atoms with Crippen LogP contribution in [0.5, 0.6) is 0 Å². The zero-order valence-electron chi connectivity index (χ0n) is 11.7. The Morgan fingerprint density at radius 1 is 1.45 bits per heavy atom. The number of anilines is 1. The van der Waals surface area contributed by atoms with Crippen LogP contribution in [0.4, 0.5) is 5.69 Å². The number of nitrogens with one attached hydrogen (secondary N) is 1. The van der Waals surface area contributed by atoms with Crippen LogP contribution in [0.15, 0.2) is 29.6 Å². The molecule has 0 saturated heterocycles. The molecule has 1 heterocycles. The second-order valence-corrected chi connectivity index (χ2v) is 8.98. The van der Waals surface area contributed by atoms with Gasteiger partial charge in [0.15, 0.2) is 0 Å². The molecule has 3 N–H and O–H groups in total. The Bertz CT molecular complexity index is 677. The Morgan fingerprint density at radius 2 is 2.09 bits per heavy atom. The number of nitrogens with zero attached hydrogens (tertiary/aromatic N) is 1. The standard InChI is InChI=1S/C8H10AsNO5.C4H4ClNS/c1-6(11)10-8-5-3-2-4-7(8)9(12,13)15-14;1-3-6-4(5)2-7-3/h2-5,14H,1H3,(H,10,11)(H,12,13);2H,1H3. The van der Waals surface area contributed by atoms with Crippen LogP contribution in [0.2, 0.25) is 5.15 Å². The molecular weight excluding hydrogens is 395 g/mol. The average molecular weight is 409 g/mol. The van der Waals surface area contributed by atoms with Gasteiger partial charge in [-0.05, 0) is 6.92 Å². The van der Waals surface area contributed by atoms with Crippen LogP contribution in [0.25, 0.3) is 0 Å². The molecule has 2 aromatic rings. The minimum Gasteiger partial charge on any atom is -0.230 e. The van der Waals surface area contributed by atoms with Gasteiger partial charge in [0.25, 0.3) is 0 Å². The van der Waals surface area contributed by atoms with Crippen molar-refractivity contribution in [1.29, 1.82) is 0 Å². The molecule has 1 unspecified atom stereocenters. The monoisotopic (exact) mass is 408 g/mol. The molecule has 1 atom stereocenters. The van der Waals surface area contributed by atoms with Crippen LogP contribution >= 0.6 is 22.9 Å². The molecule has 7 nitrogen and oxygen atoms in total. The molecular formula is C12H14AsClN2O5S. The van der Waals surface area contributed by atoms with Crippen molar-refractivity contribution in [3.63, 3.8) is 0 Å². The summed E-state index contributed by atoms with van der Waals surface area (Å²) in [5, 5.41) is 14.1. The van der Waals surface area contributed by atoms with Crippen LogP contribution in [0.1, 0.15) is 11.9 Å². The van der Waals surface area contributed by atoms with E-state index in [0.29, 0.717) is 5.15 Å². The Labute approximate surface area is 138 Å². The second kappa shape index (κ2) is 8.47. The molecule has 1 aromatic carbocycles. The van der Waals surface area contributed by atoms with Crippen LogP contribution in [-0.2, 0) is 12.4 Å². The molecule has 120 valence electrons. The fourth-order valence-electron chi connectivity index (χ4n) is 1.40. The van der Waals surface area contributed by atoms with Crippen LogP contribution in [0, 0.1) is 6.92 Å². The second-order valence-electron chi connectivity index (χ2n) is 3.99. The Kier molecular flexibility index (Phi) is 7.28. The van der Waals surface area contributed by atoms with Crippen LogP contribution < -0.4 is 9.67 Å². The smallest absolute Gasteiger partial charge is 0.140 e. The summed E-state index contributed by atoms with van der Waals surface area (Å²) in [5.41, 5.74) is 0.157. The molecule has 0 fully saturated rings. The molecule has 22 heavy (non-hydrogen) atoms. The zero-order chi connectivity index (χ0) is 16.8. The number of para-hydroxylation sites is 1. The van der Waals surface area contributed by atoms with E-state index >= 15 is 0 Å². The van der Waals surface area contributed by atoms with Crippen molar-refractivity contribution in [3.8, 4) is 0 Å². The molecule has 1 amide bonds. The van der Waals surface area contributed by atoms with Gasteiger partial charge in [-0.1, -0.05) is 11.6 Å². The molecule has 0 spiro atoms. The SMILES string of the molecule is CC(=O)Nc1ccccc1[As](=O)(O)OO.Cc1nc(Cl)cs1. The van der Waals surface area contributed by atoms with Crippen molar-refractivity contribution in [1.82, 2.24) is 4.98 Å². The first kappa shape index (κ1) is 18.9. The molecule has 2 rings (SSSR count). The predicted octanol–water partition coefficient (Wildman–Crippen LogP) is 1.81. The van der Waals surface area contributed by atoms with Crippen molar-refractivity contribution in [2.45, 2.75) is 13.8 Å². The van der Waals surface area contributed by atoms with Gasteiger partial charge in [-0.3, -0.25) is 0 Å². The topological polar surface area (TPSA) is 109 Å². The van der Waals surface area contributed by atoms with Gasteiger partial charge in [-0.15, -0.1) is 11.3 Å². The van der Waals surface area contributed by atoms with Crippen molar-refractivity contribution in [2.24, 2.45) is 0 Å². The summed E-state index contributed by atoms with van der Waals surface area (Å²) in [4.78, 5) is 14.7. The number of aryl methyl sites for hydroxylation is 1. The van der Waals surface area contributed by atoms with E-state index in [1.54, 1.807) is 17.4 Å². The number of benzene rings is 1. The van der Waals surface area contributed by atoms with Gasteiger partial charge in [0.2, 0.25) is 0 Å². The molecule has 0 aliphatic heterocycles. The molecule has 0 radical (unpaired) electrons. The molecule has 1 aromatic heterocycles. The van der Waals surface area contributed by atoms with Crippen LogP contribution in [-0.4, -0.2) is 34.4 Å². The predicted molar refractivity (Wildman–Crippen MR) is 84.6 cm³/mol. The van der Waals surface area contributed by atoms with E-state index in [4.69, 9.17) is 16.9 Å². The van der Waals surface area contributed by atoms with Crippen molar-refractivity contribution >= 4 is 53.1 Å². The van der Waals surface area contributed by atoms with Gasteiger partial charge in [0.1, 0.15) is 5.15 Å². The minimum atomic E-state index is -4.92. The summed E-state index contributed by atoms with van der Waals surface area (Å²) >= 11 is 2.10. The summed E-state index contributed by atoms with van der Waals surface area (Å²) in [6.07, 6.45) is 0. The van der Waals surface area contributed by atoms with Crippen molar-refractivity contribution < 1.29 is 21.8 Å². The summed E-state index contributed by atoms with van der Waals surface area (Å²) in [6.45, 7) is 3.20. The van der Waals surface area contributed by atoms with E-state index < -0.39 is 14.2 Å². The number of rotatable bonds is 3. The van der Waals surface area contributed by atoms with E-state index in [-0.39, 0.29) is 15.9 Å². The van der Waals surface area contributed by atoms with Gasteiger partial charge >= 0.3 is 88.4 Å². The van der Waals surface area contributed by atoms with E-state index in [1.165, 1.54) is 25.1 Å². The van der Waals surface area contributed by atoms with Gasteiger partial charge in [-0.2, -0.15) is 0 Å². The minimum absolute atomic E-state index is 0.103. The maximum atomic E-state index is 11.4. The summed E-state index contributed by atoms with van der Waals surface area (Å²) in [6, 6.07) is 5.84. The summed E-state index contributed by atoms with van der Waals surface area (Å²) in [5.74, 6) is -0.379. The molecule has 0 aliphatic rings. The maximum Gasteiger partial charge on any atom is 0.140 e. The molecule has 0 bridgehead atoms. The van der Waals surface area contributed by atoms with Crippen LogP contribution in [0.3, 0.4) is 0 Å². The Morgan fingerprint density at radius 3 is 2.50 bits per heavy atom. The molecule has 0 aliphatic carbocycles. The van der Waals surface area contributed by atoms with Gasteiger partial charge in [-0.25, -0.2) is 4.98 Å². The number of thiazole rings is 1. The van der Waals surface area contributed by atoms with E-state index in [0.717, 1.165) is 5.01 Å². The zero-order valence-corrected chi connectivity index (χ0v) is 15.1. The largest absolute Gasteiger partial charge is 0.230 e. The third-order valence-electron chi connectivity index (χ3n) is 2.22. The van der Waals surface area contributed by atoms with Gasteiger partial charge < -0.3 is 0 Å². The maximum absolute atomic E-state index is 11.4. The number of carbonyl (C=O) groups is 1. The number of carbonyl (C=O) groups excluding carboxylic acids is 1. The number of amides is 1. The normalized spacial score (nSPS) is 12.8. The number of halogens is 1. The average Bonchev–Trinajstić information content (AvgIpc) is 2.83. The summed E-state index contributed by atoms with van der Waals surface area (Å²) in [7, 11) is 0. The first-order valence-corrected chi connectivity index (χ1v) is 10.4. The first-order valence-electron chi connectivity index (χ1n) is 5.87. The summed E-state index contributed by atoms with van der Waals surface area (Å²) < 4.78 is 24.1. The van der Waals surface area contributed by atoms with E-state index in [9.17, 15) is 12.6 Å². The number of aromatic nitrogens is 1. The Balaban J connectivity index is 0.000000287. The van der Waals surface area contributed by atoms with Crippen molar-refractivity contribution in [2.75, 3.05) is 5.32 Å². The quantitative estimate of drug-likeness (QED) is 0.406. The third-order valence-corrected chi connectivity index (χ3v) is 5.88. The van der Waals surface area contributed by atoms with Gasteiger partial charge in [0.05, 0.1) is 5.01 Å². The molecule has 0 saturated carbocycles. The molecule has 10 heteroatoms. The number of hydrogen-bond acceptors (Lipinski definition) is 6. The fourth-order valence-corrected chi connectivity index (χ4v) is 3.85. The first-order chi connectivity index (χ1) is 10.3. The van der Waals surface area contributed by atoms with Crippen molar-refractivity contribution in [3.05, 3.63) is 39.8 Å². The Hall–Kier alpha value is -1.15. The third kappa shape index (κ3) is 5.92.